The number of anilines is 1. The Balaban J connectivity index is 1.75. The number of aliphatic carboxylic acids is 1. The Morgan fingerprint density at radius 3 is 2.96 bits per heavy atom. The number of non-ortho nitro benzene ring substituents is 1. The highest BCUT2D eigenvalue weighted by molar-refractivity contribution is 5.94. The van der Waals surface area contributed by atoms with Gasteiger partial charge < -0.3 is 10.0 Å². The zero-order chi connectivity index (χ0) is 16.9. The smallest absolute Gasteiger partial charge is 0.311 e. The summed E-state index contributed by atoms with van der Waals surface area (Å²) in [5.41, 5.74) is -0.634. The summed E-state index contributed by atoms with van der Waals surface area (Å²) in [5, 5.41) is 22.2. The molecule has 0 amide bonds. The first-order valence-corrected chi connectivity index (χ1v) is 8.03. The second-order valence-corrected chi connectivity index (χ2v) is 6.73. The van der Waals surface area contributed by atoms with Crippen LogP contribution in [0.3, 0.4) is 0 Å². The number of nitro groups is 1. The first-order chi connectivity index (χ1) is 11.5. The van der Waals surface area contributed by atoms with Gasteiger partial charge in [0.15, 0.2) is 0 Å². The van der Waals surface area contributed by atoms with Crippen molar-refractivity contribution >= 4 is 28.2 Å². The molecule has 2 fully saturated rings. The number of aromatic nitrogens is 1. The summed E-state index contributed by atoms with van der Waals surface area (Å²) in [4.78, 5) is 28.9. The topological polar surface area (TPSA) is 96.6 Å². The lowest BCUT2D eigenvalue weighted by Crippen LogP contribution is -2.35. The van der Waals surface area contributed by atoms with Gasteiger partial charge in [-0.25, -0.2) is 4.98 Å². The molecule has 1 aromatic carbocycles. The average Bonchev–Trinajstić information content (AvgIpc) is 3.11. The molecule has 1 aliphatic carbocycles. The molecule has 2 heterocycles. The Bertz CT molecular complexity index is 853. The molecule has 2 aromatic rings. The third-order valence-electron chi connectivity index (χ3n) is 5.53. The van der Waals surface area contributed by atoms with Gasteiger partial charge in [0.1, 0.15) is 5.82 Å². The summed E-state index contributed by atoms with van der Waals surface area (Å²) in [6, 6.07) is 6.45. The normalized spacial score (nSPS) is 25.8. The van der Waals surface area contributed by atoms with Crippen molar-refractivity contribution in [3.05, 3.63) is 40.6 Å². The van der Waals surface area contributed by atoms with Crippen molar-refractivity contribution in [2.45, 2.75) is 19.3 Å². The minimum Gasteiger partial charge on any atom is -0.481 e. The van der Waals surface area contributed by atoms with E-state index in [9.17, 15) is 20.0 Å². The molecule has 7 heteroatoms. The van der Waals surface area contributed by atoms with Gasteiger partial charge in [0.2, 0.25) is 0 Å². The van der Waals surface area contributed by atoms with Crippen LogP contribution in [0, 0.1) is 21.4 Å². The van der Waals surface area contributed by atoms with Crippen LogP contribution in [0.1, 0.15) is 19.3 Å². The maximum atomic E-state index is 11.8. The number of carbonyl (C=O) groups is 1. The van der Waals surface area contributed by atoms with E-state index < -0.39 is 16.3 Å². The van der Waals surface area contributed by atoms with E-state index in [1.54, 1.807) is 18.3 Å². The number of benzene rings is 1. The van der Waals surface area contributed by atoms with Crippen molar-refractivity contribution in [3.63, 3.8) is 0 Å². The van der Waals surface area contributed by atoms with Gasteiger partial charge in [-0.3, -0.25) is 14.9 Å². The van der Waals surface area contributed by atoms with Crippen LogP contribution in [0.2, 0.25) is 0 Å². The van der Waals surface area contributed by atoms with E-state index in [0.717, 1.165) is 29.4 Å². The molecule has 1 N–H and O–H groups in total. The molecule has 1 aromatic heterocycles. The van der Waals surface area contributed by atoms with E-state index in [0.29, 0.717) is 19.5 Å². The van der Waals surface area contributed by atoms with Gasteiger partial charge in [0, 0.05) is 36.8 Å². The van der Waals surface area contributed by atoms with Crippen molar-refractivity contribution in [1.82, 2.24) is 4.98 Å². The van der Waals surface area contributed by atoms with E-state index >= 15 is 0 Å². The number of carboxylic acids is 1. The minimum absolute atomic E-state index is 0.0416. The number of hydrogen-bond acceptors (Lipinski definition) is 5. The van der Waals surface area contributed by atoms with Gasteiger partial charge in [-0.2, -0.15) is 0 Å². The van der Waals surface area contributed by atoms with Crippen LogP contribution >= 0.6 is 0 Å². The Hall–Kier alpha value is -2.70. The lowest BCUT2D eigenvalue weighted by Gasteiger charge is -2.24. The summed E-state index contributed by atoms with van der Waals surface area (Å²) in [5.74, 6) is 0.144. The van der Waals surface area contributed by atoms with E-state index in [-0.39, 0.29) is 11.6 Å². The molecule has 0 unspecified atom stereocenters. The van der Waals surface area contributed by atoms with Crippen molar-refractivity contribution < 1.29 is 14.8 Å². The molecule has 1 saturated carbocycles. The number of pyridine rings is 1. The molecule has 2 atom stereocenters. The third kappa shape index (κ3) is 2.04. The number of rotatable bonds is 3. The quantitative estimate of drug-likeness (QED) is 0.688. The summed E-state index contributed by atoms with van der Waals surface area (Å²) in [6.07, 6.45) is 4.22. The molecule has 7 nitrogen and oxygen atoms in total. The molecule has 24 heavy (non-hydrogen) atoms. The van der Waals surface area contributed by atoms with Crippen molar-refractivity contribution in [2.24, 2.45) is 11.3 Å². The third-order valence-corrected chi connectivity index (χ3v) is 5.53. The summed E-state index contributed by atoms with van der Waals surface area (Å²) in [6.45, 7) is 1.13. The fourth-order valence-corrected chi connectivity index (χ4v) is 4.32. The minimum atomic E-state index is -0.719. The van der Waals surface area contributed by atoms with Crippen molar-refractivity contribution in [1.29, 1.82) is 0 Å². The highest BCUT2D eigenvalue weighted by atomic mass is 16.6. The monoisotopic (exact) mass is 327 g/mol. The number of fused-ring (bicyclic) bond motifs is 2. The van der Waals surface area contributed by atoms with Crippen LogP contribution in [0.25, 0.3) is 10.8 Å². The van der Waals surface area contributed by atoms with Crippen molar-refractivity contribution in [2.75, 3.05) is 18.0 Å². The molecule has 1 saturated heterocycles. The van der Waals surface area contributed by atoms with Gasteiger partial charge in [0.25, 0.3) is 5.69 Å². The predicted molar refractivity (Wildman–Crippen MR) is 88.0 cm³/mol. The standard InChI is InChI=1S/C17H17N3O4/c21-16(22)17-6-1-2-12(17)9-19(10-17)15-14-4-3-13(20(23)24)8-11(14)5-7-18-15/h3-5,7-8,12H,1-2,6,9-10H2,(H,21,22)/t12-,17+/m0/s1. The highest BCUT2D eigenvalue weighted by Gasteiger charge is 2.55. The van der Waals surface area contributed by atoms with E-state index in [1.807, 2.05) is 4.90 Å². The summed E-state index contributed by atoms with van der Waals surface area (Å²) < 4.78 is 0. The summed E-state index contributed by atoms with van der Waals surface area (Å²) in [7, 11) is 0. The number of hydrogen-bond donors (Lipinski definition) is 1. The average molecular weight is 327 g/mol. The van der Waals surface area contributed by atoms with Crippen molar-refractivity contribution in [3.8, 4) is 0 Å². The van der Waals surface area contributed by atoms with E-state index in [2.05, 4.69) is 4.98 Å². The Morgan fingerprint density at radius 1 is 1.42 bits per heavy atom. The van der Waals surface area contributed by atoms with Gasteiger partial charge in [-0.1, -0.05) is 6.42 Å². The van der Waals surface area contributed by atoms with Gasteiger partial charge in [0.05, 0.1) is 10.3 Å². The van der Waals surface area contributed by atoms with Crippen LogP contribution in [-0.2, 0) is 4.79 Å². The lowest BCUT2D eigenvalue weighted by atomic mass is 9.81. The molecule has 0 radical (unpaired) electrons. The Labute approximate surface area is 138 Å². The number of nitrogens with zero attached hydrogens (tertiary/aromatic N) is 3. The Kier molecular flexibility index (Phi) is 3.19. The molecular weight excluding hydrogens is 310 g/mol. The SMILES string of the molecule is O=C(O)[C@@]12CCC[C@H]1CN(c1nccc3cc([N+](=O)[O-])ccc13)C2. The molecule has 4 rings (SSSR count). The van der Waals surface area contributed by atoms with Crippen LogP contribution in [0.4, 0.5) is 11.5 Å². The highest BCUT2D eigenvalue weighted by Crippen LogP contribution is 2.50. The van der Waals surface area contributed by atoms with Gasteiger partial charge >= 0.3 is 5.97 Å². The maximum absolute atomic E-state index is 11.8. The molecule has 0 bridgehead atoms. The van der Waals surface area contributed by atoms with Crippen LogP contribution in [0.5, 0.6) is 0 Å². The zero-order valence-corrected chi connectivity index (χ0v) is 13.0. The molecule has 2 aliphatic rings. The zero-order valence-electron chi connectivity index (χ0n) is 13.0. The van der Waals surface area contributed by atoms with Crippen LogP contribution < -0.4 is 4.90 Å². The Morgan fingerprint density at radius 2 is 2.25 bits per heavy atom. The second-order valence-electron chi connectivity index (χ2n) is 6.73. The fourth-order valence-electron chi connectivity index (χ4n) is 4.32. The number of nitro benzene ring substituents is 1. The molecule has 1 aliphatic heterocycles. The first-order valence-electron chi connectivity index (χ1n) is 8.03. The van der Waals surface area contributed by atoms with E-state index in [4.69, 9.17) is 0 Å². The van der Waals surface area contributed by atoms with E-state index in [1.165, 1.54) is 12.1 Å². The van der Waals surface area contributed by atoms with Crippen LogP contribution in [-0.4, -0.2) is 34.1 Å². The molecule has 0 spiro atoms. The first kappa shape index (κ1) is 14.9. The second kappa shape index (κ2) is 5.15. The largest absolute Gasteiger partial charge is 0.481 e. The van der Waals surface area contributed by atoms with Crippen LogP contribution in [0.15, 0.2) is 30.5 Å². The fraction of sp³-hybridized carbons (Fsp3) is 0.412. The predicted octanol–water partition coefficient (Wildman–Crippen LogP) is 2.83. The van der Waals surface area contributed by atoms with Gasteiger partial charge in [-0.15, -0.1) is 0 Å². The molecular formula is C17H17N3O4. The maximum Gasteiger partial charge on any atom is 0.311 e. The van der Waals surface area contributed by atoms with Gasteiger partial charge in [-0.05, 0) is 36.3 Å². The number of carboxylic acid groups (broad SMARTS) is 1. The lowest BCUT2D eigenvalue weighted by molar-refractivity contribution is -0.384. The summed E-state index contributed by atoms with van der Waals surface area (Å²) >= 11 is 0. The molecule has 124 valence electrons.